The summed E-state index contributed by atoms with van der Waals surface area (Å²) in [7, 11) is -2.62. The van der Waals surface area contributed by atoms with Crippen LogP contribution in [0.3, 0.4) is 0 Å². The number of hydrogen-bond donors (Lipinski definition) is 1. The molecule has 9 heteroatoms. The Morgan fingerprint density at radius 2 is 2.21 bits per heavy atom. The molecule has 0 unspecified atom stereocenters. The van der Waals surface area contributed by atoms with Gasteiger partial charge in [0.1, 0.15) is 0 Å². The largest absolute Gasteiger partial charge is 0.490 e. The van der Waals surface area contributed by atoms with Crippen molar-refractivity contribution in [2.24, 2.45) is 0 Å². The molecule has 0 heterocycles. The van der Waals surface area contributed by atoms with Crippen LogP contribution in [0.4, 0.5) is 5.69 Å². The van der Waals surface area contributed by atoms with Crippen LogP contribution in [0.5, 0.6) is 5.75 Å². The SMILES string of the molecule is COc1ccc(S(=O)(=O)NCCC#N)cc1[N+](=O)[O-]. The molecule has 0 aliphatic rings. The first-order valence-corrected chi connectivity index (χ1v) is 6.59. The van der Waals surface area contributed by atoms with E-state index < -0.39 is 20.6 Å². The number of nitro benzene ring substituents is 1. The lowest BCUT2D eigenvalue weighted by atomic mass is 10.3. The highest BCUT2D eigenvalue weighted by molar-refractivity contribution is 7.89. The van der Waals surface area contributed by atoms with Gasteiger partial charge in [-0.1, -0.05) is 0 Å². The molecule has 0 amide bonds. The van der Waals surface area contributed by atoms with Crippen molar-refractivity contribution in [2.75, 3.05) is 13.7 Å². The highest BCUT2D eigenvalue weighted by atomic mass is 32.2. The van der Waals surface area contributed by atoms with E-state index in [9.17, 15) is 18.5 Å². The van der Waals surface area contributed by atoms with E-state index in [0.29, 0.717) is 0 Å². The maximum Gasteiger partial charge on any atom is 0.312 e. The molecule has 0 radical (unpaired) electrons. The second-order valence-electron chi connectivity index (χ2n) is 3.40. The van der Waals surface area contributed by atoms with Crippen molar-refractivity contribution in [1.82, 2.24) is 4.72 Å². The fourth-order valence-electron chi connectivity index (χ4n) is 1.30. The molecule has 8 nitrogen and oxygen atoms in total. The quantitative estimate of drug-likeness (QED) is 0.468. The molecular formula is C10H11N3O5S. The van der Waals surface area contributed by atoms with Crippen LogP contribution in [0.1, 0.15) is 6.42 Å². The van der Waals surface area contributed by atoms with Gasteiger partial charge in [-0.05, 0) is 12.1 Å². The normalized spacial score (nSPS) is 10.7. The van der Waals surface area contributed by atoms with Crippen LogP contribution in [-0.4, -0.2) is 27.0 Å². The monoisotopic (exact) mass is 285 g/mol. The molecule has 0 fully saturated rings. The number of nitro groups is 1. The lowest BCUT2D eigenvalue weighted by Crippen LogP contribution is -2.24. The van der Waals surface area contributed by atoms with Crippen molar-refractivity contribution in [3.63, 3.8) is 0 Å². The van der Waals surface area contributed by atoms with Crippen molar-refractivity contribution in [1.29, 1.82) is 5.26 Å². The molecule has 0 aromatic heterocycles. The van der Waals surface area contributed by atoms with Crippen molar-refractivity contribution in [3.05, 3.63) is 28.3 Å². The number of nitrogens with zero attached hydrogens (tertiary/aromatic N) is 2. The van der Waals surface area contributed by atoms with Crippen molar-refractivity contribution in [3.8, 4) is 11.8 Å². The molecule has 0 aliphatic heterocycles. The minimum atomic E-state index is -3.87. The molecule has 0 saturated carbocycles. The number of methoxy groups -OCH3 is 1. The van der Waals surface area contributed by atoms with Crippen LogP contribution in [0.15, 0.2) is 23.1 Å². The lowest BCUT2D eigenvalue weighted by molar-refractivity contribution is -0.386. The lowest BCUT2D eigenvalue weighted by Gasteiger charge is -2.06. The summed E-state index contributed by atoms with van der Waals surface area (Å²) < 4.78 is 30.5. The predicted octanol–water partition coefficient (Wildman–Crippen LogP) is 0.795. The van der Waals surface area contributed by atoms with E-state index in [0.717, 1.165) is 6.07 Å². The van der Waals surface area contributed by atoms with E-state index in [2.05, 4.69) is 4.72 Å². The first-order chi connectivity index (χ1) is 8.92. The minimum absolute atomic E-state index is 0.0114. The van der Waals surface area contributed by atoms with E-state index in [1.807, 2.05) is 0 Å². The maximum atomic E-state index is 11.8. The molecule has 19 heavy (non-hydrogen) atoms. The maximum absolute atomic E-state index is 11.8. The Hall–Kier alpha value is -2.18. The summed E-state index contributed by atoms with van der Waals surface area (Å²) in [6.45, 7) is -0.0569. The standard InChI is InChI=1S/C10H11N3O5S/c1-18-10-4-3-8(7-9(10)13(14)15)19(16,17)12-6-2-5-11/h3-4,7,12H,2,6H2,1H3. The molecule has 1 aromatic carbocycles. The van der Waals surface area contributed by atoms with E-state index in [-0.39, 0.29) is 23.6 Å². The van der Waals surface area contributed by atoms with Gasteiger partial charge in [0.15, 0.2) is 5.75 Å². The van der Waals surface area contributed by atoms with Crippen molar-refractivity contribution in [2.45, 2.75) is 11.3 Å². The van der Waals surface area contributed by atoms with Gasteiger partial charge in [-0.2, -0.15) is 5.26 Å². The molecule has 102 valence electrons. The first-order valence-electron chi connectivity index (χ1n) is 5.11. The molecule has 1 aromatic rings. The number of ether oxygens (including phenoxy) is 1. The second kappa shape index (κ2) is 6.12. The van der Waals surface area contributed by atoms with Crippen LogP contribution in [0.2, 0.25) is 0 Å². The Bertz CT molecular complexity index is 621. The third kappa shape index (κ3) is 3.64. The van der Waals surface area contributed by atoms with Gasteiger partial charge in [0, 0.05) is 19.0 Å². The first kappa shape index (κ1) is 14.9. The van der Waals surface area contributed by atoms with Crippen LogP contribution < -0.4 is 9.46 Å². The molecule has 0 aliphatic carbocycles. The summed E-state index contributed by atoms with van der Waals surface area (Å²) in [5.74, 6) is -0.0269. The van der Waals surface area contributed by atoms with Gasteiger partial charge in [-0.15, -0.1) is 0 Å². The van der Waals surface area contributed by atoms with E-state index in [4.69, 9.17) is 10.00 Å². The number of rotatable bonds is 6. The molecule has 0 saturated heterocycles. The van der Waals surface area contributed by atoms with Gasteiger partial charge in [0.2, 0.25) is 10.0 Å². The summed E-state index contributed by atoms with van der Waals surface area (Å²) in [6.07, 6.45) is 0.0114. The van der Waals surface area contributed by atoms with E-state index in [1.54, 1.807) is 6.07 Å². The fraction of sp³-hybridized carbons (Fsp3) is 0.300. The number of hydrogen-bond acceptors (Lipinski definition) is 6. The molecule has 0 bridgehead atoms. The number of benzene rings is 1. The summed E-state index contributed by atoms with van der Waals surface area (Å²) >= 11 is 0. The van der Waals surface area contributed by atoms with Gasteiger partial charge in [0.05, 0.1) is 23.0 Å². The molecular weight excluding hydrogens is 274 g/mol. The van der Waals surface area contributed by atoms with Crippen LogP contribution >= 0.6 is 0 Å². The average Bonchev–Trinajstić information content (AvgIpc) is 2.38. The zero-order chi connectivity index (χ0) is 14.5. The topological polar surface area (TPSA) is 122 Å². The zero-order valence-corrected chi connectivity index (χ0v) is 10.8. The highest BCUT2D eigenvalue weighted by Gasteiger charge is 2.21. The van der Waals surface area contributed by atoms with Crippen molar-refractivity contribution < 1.29 is 18.1 Å². The third-order valence-electron chi connectivity index (χ3n) is 2.19. The van der Waals surface area contributed by atoms with E-state index in [1.165, 1.54) is 19.2 Å². The number of nitriles is 1. The van der Waals surface area contributed by atoms with Crippen molar-refractivity contribution >= 4 is 15.7 Å². The fourth-order valence-corrected chi connectivity index (χ4v) is 2.36. The summed E-state index contributed by atoms with van der Waals surface area (Å²) in [4.78, 5) is 9.81. The van der Waals surface area contributed by atoms with Crippen LogP contribution in [-0.2, 0) is 10.0 Å². The second-order valence-corrected chi connectivity index (χ2v) is 5.16. The Kier molecular flexibility index (Phi) is 4.80. The Balaban J connectivity index is 3.12. The zero-order valence-electron chi connectivity index (χ0n) is 9.99. The minimum Gasteiger partial charge on any atom is -0.490 e. The van der Waals surface area contributed by atoms with Gasteiger partial charge in [-0.3, -0.25) is 10.1 Å². The smallest absolute Gasteiger partial charge is 0.312 e. The molecule has 1 rings (SSSR count). The summed E-state index contributed by atoms with van der Waals surface area (Å²) in [5.41, 5.74) is -0.439. The van der Waals surface area contributed by atoms with Gasteiger partial charge in [0.25, 0.3) is 0 Å². The summed E-state index contributed by atoms with van der Waals surface area (Å²) in [6, 6.07) is 5.10. The van der Waals surface area contributed by atoms with Crippen LogP contribution in [0, 0.1) is 21.4 Å². The van der Waals surface area contributed by atoms with E-state index >= 15 is 0 Å². The number of sulfonamides is 1. The highest BCUT2D eigenvalue weighted by Crippen LogP contribution is 2.29. The average molecular weight is 285 g/mol. The van der Waals surface area contributed by atoms with Crippen LogP contribution in [0.25, 0.3) is 0 Å². The number of nitrogens with one attached hydrogen (secondary N) is 1. The van der Waals surface area contributed by atoms with Gasteiger partial charge >= 0.3 is 5.69 Å². The molecule has 1 N–H and O–H groups in total. The van der Waals surface area contributed by atoms with Gasteiger partial charge in [-0.25, -0.2) is 13.1 Å². The Morgan fingerprint density at radius 1 is 1.53 bits per heavy atom. The predicted molar refractivity (Wildman–Crippen MR) is 65.1 cm³/mol. The molecule has 0 spiro atoms. The Morgan fingerprint density at radius 3 is 2.74 bits per heavy atom. The Labute approximate surface area is 109 Å². The third-order valence-corrected chi connectivity index (χ3v) is 3.64. The molecule has 0 atom stereocenters. The van der Waals surface area contributed by atoms with Gasteiger partial charge < -0.3 is 4.74 Å². The summed E-state index contributed by atoms with van der Waals surface area (Å²) in [5, 5.41) is 19.1.